The van der Waals surface area contributed by atoms with E-state index in [1.54, 1.807) is 89.2 Å². The summed E-state index contributed by atoms with van der Waals surface area (Å²) in [6.07, 6.45) is -2.38. The number of nitrogens with two attached hydrogens (primary N) is 3. The van der Waals surface area contributed by atoms with Crippen LogP contribution in [0.2, 0.25) is 0 Å². The lowest BCUT2D eigenvalue weighted by Gasteiger charge is -2.19. The van der Waals surface area contributed by atoms with Crippen LogP contribution in [0.15, 0.2) is 24.3 Å². The maximum absolute atomic E-state index is 11.5. The zero-order chi connectivity index (χ0) is 57.2. The summed E-state index contributed by atoms with van der Waals surface area (Å²) in [5.41, 5.74) is 14.1. The molecule has 0 atom stereocenters. The number of hydrogen-bond acceptors (Lipinski definition) is 23. The van der Waals surface area contributed by atoms with Crippen LogP contribution in [-0.4, -0.2) is 129 Å². The first-order chi connectivity index (χ1) is 34.4. The first-order valence-corrected chi connectivity index (χ1v) is 22.3. The molecule has 410 valence electrons. The lowest BCUT2D eigenvalue weighted by molar-refractivity contribution is -0.389. The number of nitrogens with one attached hydrogen (secondary N) is 10. The van der Waals surface area contributed by atoms with Crippen LogP contribution in [0.3, 0.4) is 0 Å². The van der Waals surface area contributed by atoms with E-state index in [1.165, 1.54) is 17.4 Å². The second-order valence-corrected chi connectivity index (χ2v) is 19.7. The maximum Gasteiger partial charge on any atom is 0.413 e. The van der Waals surface area contributed by atoms with Gasteiger partial charge in [0.1, 0.15) is 38.7 Å². The van der Waals surface area contributed by atoms with E-state index in [2.05, 4.69) is 89.7 Å². The predicted molar refractivity (Wildman–Crippen MR) is 275 cm³/mol. The topological polar surface area (TPSA) is 523 Å². The third-order valence-electron chi connectivity index (χ3n) is 6.81. The zero-order valence-electron chi connectivity index (χ0n) is 42.2. The number of fused-ring (bicyclic) bond motifs is 1. The van der Waals surface area contributed by atoms with E-state index in [-0.39, 0.29) is 22.4 Å². The maximum atomic E-state index is 11.5. The average molecular weight is 1100 g/mol. The summed E-state index contributed by atoms with van der Waals surface area (Å²) in [7, 11) is 0. The summed E-state index contributed by atoms with van der Waals surface area (Å²) in [5, 5.41) is 71.5. The molecule has 0 bridgehead atoms. The van der Waals surface area contributed by atoms with Gasteiger partial charge in [-0.1, -0.05) is 21.5 Å². The van der Waals surface area contributed by atoms with Crippen LogP contribution in [0.5, 0.6) is 0 Å². The fourth-order valence-electron chi connectivity index (χ4n) is 4.41. The number of carboxylic acids is 1. The SMILES string of the molecule is CC(C)(C)OC(=O)Nc1[nH]nc2nc(N)sc12.CC(C)(C)OC(=O)Nc1cc(N)[nH]n1.CC(C)(C)OC(=O)Nc1cc(NC(N)=S)n[nH]1.CC(C)(C)OC(=O)Nc1cc([N+](=O)[O-])[nH]n1.O=C(O)c1cc([N+](=O)[O-])[nH]n1. The molecule has 0 aliphatic rings. The van der Waals surface area contributed by atoms with Crippen molar-refractivity contribution in [2.45, 2.75) is 105 Å². The molecule has 6 heterocycles. The van der Waals surface area contributed by atoms with Gasteiger partial charge in [-0.3, -0.25) is 36.6 Å². The van der Waals surface area contributed by atoms with Crippen molar-refractivity contribution in [2.75, 3.05) is 38.1 Å². The first kappa shape index (κ1) is 61.7. The molecular weight excluding hydrogens is 1040 g/mol. The van der Waals surface area contributed by atoms with Crippen molar-refractivity contribution >= 4 is 121 Å². The second kappa shape index (κ2) is 26.3. The highest BCUT2D eigenvalue weighted by molar-refractivity contribution is 7.80. The minimum atomic E-state index is -1.30. The summed E-state index contributed by atoms with van der Waals surface area (Å²) >= 11 is 5.90. The molecule has 17 N–H and O–H groups in total. The molecule has 0 unspecified atom stereocenters. The van der Waals surface area contributed by atoms with E-state index in [0.29, 0.717) is 44.6 Å². The predicted octanol–water partition coefficient (Wildman–Crippen LogP) is 6.38. The molecule has 0 saturated heterocycles. The smallest absolute Gasteiger partial charge is 0.413 e. The molecule has 0 spiro atoms. The third-order valence-corrected chi connectivity index (χ3v) is 7.81. The zero-order valence-corrected chi connectivity index (χ0v) is 43.8. The molecule has 6 aromatic rings. The molecular formula is C38H57N21O14S2. The van der Waals surface area contributed by atoms with E-state index in [9.17, 15) is 44.2 Å². The lowest BCUT2D eigenvalue weighted by atomic mass is 10.2. The molecule has 0 aliphatic carbocycles. The molecule has 35 nitrogen and oxygen atoms in total. The minimum Gasteiger partial charge on any atom is -0.476 e. The number of aromatic amines is 5. The van der Waals surface area contributed by atoms with E-state index in [0.717, 1.165) is 12.1 Å². The van der Waals surface area contributed by atoms with Crippen LogP contribution in [0.4, 0.5) is 70.9 Å². The van der Waals surface area contributed by atoms with E-state index in [4.69, 9.17) is 41.3 Å². The molecule has 6 rings (SSSR count). The van der Waals surface area contributed by atoms with Crippen LogP contribution in [0.1, 0.15) is 93.6 Å². The second-order valence-electron chi connectivity index (χ2n) is 18.3. The number of ether oxygens (including phenoxy) is 4. The monoisotopic (exact) mass is 1100 g/mol. The van der Waals surface area contributed by atoms with Crippen molar-refractivity contribution in [3.63, 3.8) is 0 Å². The number of carbonyl (C=O) groups excluding carboxylic acids is 4. The fraction of sp³-hybridized carbons (Fsp3) is 0.421. The fourth-order valence-corrected chi connectivity index (χ4v) is 5.23. The van der Waals surface area contributed by atoms with Crippen molar-refractivity contribution < 1.29 is 57.9 Å². The number of carboxylic acid groups (broad SMARTS) is 1. The van der Waals surface area contributed by atoms with Crippen molar-refractivity contribution in [3.8, 4) is 0 Å². The number of nitrogens with zero attached hydrogens (tertiary/aromatic N) is 8. The number of rotatable bonds is 8. The average Bonchev–Trinajstić information content (AvgIpc) is 4.08. The Morgan fingerprint density at radius 1 is 0.600 bits per heavy atom. The molecule has 75 heavy (non-hydrogen) atoms. The number of thiazole rings is 1. The van der Waals surface area contributed by atoms with Crippen LogP contribution in [-0.2, 0) is 18.9 Å². The highest BCUT2D eigenvalue weighted by Crippen LogP contribution is 2.28. The third kappa shape index (κ3) is 25.5. The van der Waals surface area contributed by atoms with E-state index < -0.39 is 68.4 Å². The van der Waals surface area contributed by atoms with Gasteiger partial charge in [-0.15, -0.1) is 10.2 Å². The Labute approximate surface area is 433 Å². The summed E-state index contributed by atoms with van der Waals surface area (Å²) in [5.74, 6) is 0.00146. The Bertz CT molecular complexity index is 2880. The van der Waals surface area contributed by atoms with Crippen LogP contribution >= 0.6 is 23.6 Å². The Kier molecular flexibility index (Phi) is 21.7. The van der Waals surface area contributed by atoms with Crippen molar-refractivity contribution in [1.82, 2.24) is 56.0 Å². The quantitative estimate of drug-likeness (QED) is 0.0340. The van der Waals surface area contributed by atoms with E-state index in [1.807, 2.05) is 5.10 Å². The van der Waals surface area contributed by atoms with Crippen molar-refractivity contribution in [1.29, 1.82) is 0 Å². The molecule has 4 amide bonds. The Morgan fingerprint density at radius 2 is 1.03 bits per heavy atom. The van der Waals surface area contributed by atoms with Gasteiger partial charge in [-0.25, -0.2) is 24.0 Å². The molecule has 0 radical (unpaired) electrons. The summed E-state index contributed by atoms with van der Waals surface area (Å²) in [6.45, 7) is 21.2. The van der Waals surface area contributed by atoms with Crippen LogP contribution in [0.25, 0.3) is 10.3 Å². The van der Waals surface area contributed by atoms with Crippen molar-refractivity contribution in [3.05, 3.63) is 50.2 Å². The number of anilines is 7. The number of nitrogen functional groups attached to an aromatic ring is 2. The Morgan fingerprint density at radius 3 is 1.44 bits per heavy atom. The van der Waals surface area contributed by atoms with Crippen molar-refractivity contribution in [2.24, 2.45) is 5.73 Å². The molecule has 0 aromatic carbocycles. The molecule has 6 aromatic heterocycles. The number of thiocarbonyl (C=S) groups is 1. The summed E-state index contributed by atoms with van der Waals surface area (Å²) < 4.78 is 20.8. The Balaban J connectivity index is 0.000000323. The Hall–Kier alpha value is -9.42. The lowest BCUT2D eigenvalue weighted by Crippen LogP contribution is -2.27. The van der Waals surface area contributed by atoms with Gasteiger partial charge in [0.05, 0.1) is 12.1 Å². The van der Waals surface area contributed by atoms with Gasteiger partial charge >= 0.3 is 42.0 Å². The molecule has 37 heteroatoms. The highest BCUT2D eigenvalue weighted by Gasteiger charge is 2.22. The van der Waals surface area contributed by atoms with E-state index >= 15 is 0 Å². The normalized spacial score (nSPS) is 10.9. The van der Waals surface area contributed by atoms with Gasteiger partial charge in [-0.05, 0) is 105 Å². The number of carbonyl (C=O) groups is 5. The number of aromatic nitrogens is 11. The van der Waals surface area contributed by atoms with Crippen LogP contribution < -0.4 is 43.8 Å². The van der Waals surface area contributed by atoms with Gasteiger partial charge < -0.3 is 66.8 Å². The highest BCUT2D eigenvalue weighted by atomic mass is 32.1. The number of H-pyrrole nitrogens is 5. The minimum absolute atomic E-state index is 0.0425. The van der Waals surface area contributed by atoms with Gasteiger partial charge in [0.2, 0.25) is 0 Å². The number of amides is 4. The molecule has 0 saturated carbocycles. The standard InChI is InChI=1S/C9H13N5O2S.C9H15N5O2S.C8H12N4O4.C8H14N4O2.C4H3N3O4/c1-9(2,3)16-8(15)12-6-4-5(13-14-6)11-7(10)17-4;1-9(2,3)16-8(15)12-6-4-5(13-14-6)11-7(10)17;1-8(2,3)16-7(13)9-5-4-6(11-10-5)12(14)15;1-8(2,3)14-7(13)10-6-4-5(9)11-12-6;8-4(9)2-1-3(6-5-2)7(10)11/h1-3H3,(H4,10,11,12,13,14,15);4H,1-3H3,(H5,10,11,12,13,14,15,17);4H,1-3H3,(H2,9,10,11,13);4H,1-3H3,(H4,9,10,11,12,13);1H,(H,5,6)(H,8,9). The van der Waals surface area contributed by atoms with Gasteiger partial charge in [0.15, 0.2) is 44.9 Å². The molecule has 0 fully saturated rings. The number of nitro groups is 2. The van der Waals surface area contributed by atoms with Gasteiger partial charge in [0.25, 0.3) is 0 Å². The largest absolute Gasteiger partial charge is 0.476 e. The number of aromatic carboxylic acids is 1. The number of hydrogen-bond donors (Lipinski definition) is 14. The molecule has 0 aliphatic heterocycles. The van der Waals surface area contributed by atoms with Gasteiger partial charge in [0, 0.05) is 12.1 Å². The van der Waals surface area contributed by atoms with Crippen LogP contribution in [0, 0.1) is 20.2 Å². The summed E-state index contributed by atoms with van der Waals surface area (Å²) in [6, 6.07) is 5.00. The van der Waals surface area contributed by atoms with Gasteiger partial charge in [-0.2, -0.15) is 20.3 Å². The first-order valence-electron chi connectivity index (χ1n) is 21.0. The summed E-state index contributed by atoms with van der Waals surface area (Å²) in [4.78, 5) is 78.4.